The molecule has 0 saturated carbocycles. The third-order valence-electron chi connectivity index (χ3n) is 5.23. The molecule has 0 radical (unpaired) electrons. The molecule has 27 heavy (non-hydrogen) atoms. The number of fused-ring (bicyclic) bond motifs is 1. The van der Waals surface area contributed by atoms with Crippen molar-refractivity contribution in [3.05, 3.63) is 59.2 Å². The molecule has 1 aliphatic carbocycles. The van der Waals surface area contributed by atoms with Gasteiger partial charge in [-0.05, 0) is 17.6 Å². The maximum absolute atomic E-state index is 13.0. The van der Waals surface area contributed by atoms with Crippen LogP contribution in [0.25, 0.3) is 5.57 Å². The molecule has 1 aromatic heterocycles. The second-order valence-electron chi connectivity index (χ2n) is 6.77. The summed E-state index contributed by atoms with van der Waals surface area (Å²) in [5.41, 5.74) is 3.44. The van der Waals surface area contributed by atoms with Gasteiger partial charge in [0, 0.05) is 30.7 Å². The molecule has 1 unspecified atom stereocenters. The van der Waals surface area contributed by atoms with E-state index in [1.165, 1.54) is 11.2 Å². The van der Waals surface area contributed by atoms with Crippen molar-refractivity contribution in [3.8, 4) is 0 Å². The zero-order valence-electron chi connectivity index (χ0n) is 14.6. The van der Waals surface area contributed by atoms with Crippen molar-refractivity contribution in [2.24, 2.45) is 0 Å². The lowest BCUT2D eigenvalue weighted by Crippen LogP contribution is -2.43. The number of allylic oxidation sites excluding steroid dienone is 1. The van der Waals surface area contributed by atoms with E-state index in [-0.39, 0.29) is 24.7 Å². The molecule has 138 valence electrons. The van der Waals surface area contributed by atoms with Gasteiger partial charge in [0.15, 0.2) is 11.8 Å². The molecule has 0 saturated heterocycles. The molecule has 2 N–H and O–H groups in total. The minimum absolute atomic E-state index is 0.0356. The van der Waals surface area contributed by atoms with Gasteiger partial charge >= 0.3 is 5.97 Å². The maximum atomic E-state index is 13.0. The lowest BCUT2D eigenvalue weighted by Gasteiger charge is -2.32. The summed E-state index contributed by atoms with van der Waals surface area (Å²) in [6, 6.07) is 8.43. The largest absolute Gasteiger partial charge is 0.479 e. The molecule has 7 nitrogen and oxygen atoms in total. The van der Waals surface area contributed by atoms with Gasteiger partial charge in [-0.25, -0.2) is 9.78 Å². The average molecular weight is 365 g/mol. The van der Waals surface area contributed by atoms with Crippen LogP contribution in [-0.4, -0.2) is 44.2 Å². The Hall–Kier alpha value is -3.22. The van der Waals surface area contributed by atoms with E-state index < -0.39 is 12.0 Å². The van der Waals surface area contributed by atoms with Gasteiger partial charge in [-0.3, -0.25) is 9.59 Å². The molecule has 0 fully saturated rings. The highest BCUT2D eigenvalue weighted by Crippen LogP contribution is 2.35. The summed E-state index contributed by atoms with van der Waals surface area (Å²) in [5, 5.41) is 9.64. The fourth-order valence-corrected chi connectivity index (χ4v) is 3.92. The van der Waals surface area contributed by atoms with Crippen LogP contribution < -0.4 is 0 Å². The highest BCUT2D eigenvalue weighted by molar-refractivity contribution is 6.10. The minimum atomic E-state index is -1.12. The first kappa shape index (κ1) is 17.2. The molecule has 2 heterocycles. The van der Waals surface area contributed by atoms with Gasteiger partial charge in [0.05, 0.1) is 18.4 Å². The number of H-pyrrole nitrogens is 1. The quantitative estimate of drug-likeness (QED) is 0.864. The zero-order valence-corrected chi connectivity index (χ0v) is 14.6. The molecular formula is C20H19N3O4. The van der Waals surface area contributed by atoms with E-state index in [0.717, 1.165) is 16.8 Å². The number of hydrogen-bond acceptors (Lipinski definition) is 4. The fraction of sp³-hybridized carbons (Fsp3) is 0.300. The van der Waals surface area contributed by atoms with E-state index in [0.29, 0.717) is 30.5 Å². The van der Waals surface area contributed by atoms with Crippen molar-refractivity contribution in [2.45, 2.75) is 31.7 Å². The molecule has 0 bridgehead atoms. The maximum Gasteiger partial charge on any atom is 0.332 e. The van der Waals surface area contributed by atoms with E-state index >= 15 is 0 Å². The van der Waals surface area contributed by atoms with Crippen LogP contribution in [0.2, 0.25) is 0 Å². The molecule has 1 atom stereocenters. The number of carbonyl (C=O) groups is 3. The molecule has 4 rings (SSSR count). The number of nitrogens with one attached hydrogen (secondary N) is 1. The molecule has 7 heteroatoms. The number of aromatic amines is 1. The first-order valence-corrected chi connectivity index (χ1v) is 8.91. The summed E-state index contributed by atoms with van der Waals surface area (Å²) in [5.74, 6) is -1.51. The van der Waals surface area contributed by atoms with E-state index in [1.807, 2.05) is 30.3 Å². The lowest BCUT2D eigenvalue weighted by atomic mass is 9.98. The summed E-state index contributed by atoms with van der Waals surface area (Å²) in [4.78, 5) is 45.5. The normalized spacial score (nSPS) is 19.3. The van der Waals surface area contributed by atoms with Gasteiger partial charge in [0.1, 0.15) is 0 Å². The van der Waals surface area contributed by atoms with Crippen LogP contribution in [0.1, 0.15) is 42.3 Å². The highest BCUT2D eigenvalue weighted by Gasteiger charge is 2.39. The second kappa shape index (κ2) is 6.83. The monoisotopic (exact) mass is 365 g/mol. The van der Waals surface area contributed by atoms with E-state index in [2.05, 4.69) is 9.97 Å². The number of aromatic nitrogens is 2. The SMILES string of the molecule is O=C1CCC(c2ccccc2)=C1CC(=O)N1CCc2[nH]cnc2C1C(=O)O. The van der Waals surface area contributed by atoms with Gasteiger partial charge in [-0.15, -0.1) is 0 Å². The van der Waals surface area contributed by atoms with Crippen molar-refractivity contribution >= 4 is 23.2 Å². The predicted molar refractivity (Wildman–Crippen MR) is 96.6 cm³/mol. The summed E-state index contributed by atoms with van der Waals surface area (Å²) >= 11 is 0. The van der Waals surface area contributed by atoms with Gasteiger partial charge in [0.2, 0.25) is 5.91 Å². The second-order valence-corrected chi connectivity index (χ2v) is 6.77. The standard InChI is InChI=1S/C20H19N3O4/c24-16-7-6-13(12-4-2-1-3-5-12)14(16)10-17(25)23-9-8-15-18(22-11-21-15)19(23)20(26)27/h1-5,11,19H,6-10H2,(H,21,22)(H,26,27). The summed E-state index contributed by atoms with van der Waals surface area (Å²) < 4.78 is 0. The molecule has 0 spiro atoms. The van der Waals surface area contributed by atoms with Crippen LogP contribution in [0, 0.1) is 0 Å². The number of Topliss-reactive ketones (excluding diaryl/α,β-unsaturated/α-hetero) is 1. The number of hydrogen-bond donors (Lipinski definition) is 2. The average Bonchev–Trinajstić information content (AvgIpc) is 3.28. The van der Waals surface area contributed by atoms with E-state index in [4.69, 9.17) is 0 Å². The number of rotatable bonds is 4. The van der Waals surface area contributed by atoms with E-state index in [9.17, 15) is 19.5 Å². The summed E-state index contributed by atoms with van der Waals surface area (Å²) in [7, 11) is 0. The van der Waals surface area contributed by atoms with Crippen LogP contribution in [0.5, 0.6) is 0 Å². The van der Waals surface area contributed by atoms with Gasteiger partial charge in [-0.1, -0.05) is 30.3 Å². The Bertz CT molecular complexity index is 945. The highest BCUT2D eigenvalue weighted by atomic mass is 16.4. The number of carbonyl (C=O) groups excluding carboxylic acids is 2. The van der Waals surface area contributed by atoms with Crippen LogP contribution in [0.4, 0.5) is 0 Å². The number of imidazole rings is 1. The van der Waals surface area contributed by atoms with Crippen LogP contribution >= 0.6 is 0 Å². The van der Waals surface area contributed by atoms with Crippen molar-refractivity contribution in [1.29, 1.82) is 0 Å². The molecule has 1 aromatic carbocycles. The first-order chi connectivity index (χ1) is 13.1. The number of ketones is 1. The van der Waals surface area contributed by atoms with Gasteiger partial charge in [0.25, 0.3) is 0 Å². The molecule has 1 amide bonds. The topological polar surface area (TPSA) is 103 Å². The Balaban J connectivity index is 1.63. The van der Waals surface area contributed by atoms with Gasteiger partial charge < -0.3 is 15.0 Å². The van der Waals surface area contributed by atoms with Crippen molar-refractivity contribution in [2.75, 3.05) is 6.54 Å². The van der Waals surface area contributed by atoms with E-state index in [1.54, 1.807) is 0 Å². The summed E-state index contributed by atoms with van der Waals surface area (Å²) in [6.07, 6.45) is 2.89. The van der Waals surface area contributed by atoms with Crippen molar-refractivity contribution in [1.82, 2.24) is 14.9 Å². The minimum Gasteiger partial charge on any atom is -0.479 e. The molecule has 2 aromatic rings. The van der Waals surface area contributed by atoms with Crippen molar-refractivity contribution in [3.63, 3.8) is 0 Å². The Morgan fingerprint density at radius 1 is 1.19 bits per heavy atom. The number of nitrogens with zero attached hydrogens (tertiary/aromatic N) is 2. The first-order valence-electron chi connectivity index (χ1n) is 8.91. The fourth-order valence-electron chi connectivity index (χ4n) is 3.92. The number of aliphatic carboxylic acids is 1. The number of carboxylic acids is 1. The molecule has 2 aliphatic rings. The van der Waals surface area contributed by atoms with Crippen LogP contribution in [-0.2, 0) is 20.8 Å². The zero-order chi connectivity index (χ0) is 19.0. The lowest BCUT2D eigenvalue weighted by molar-refractivity contribution is -0.151. The Morgan fingerprint density at radius 3 is 2.70 bits per heavy atom. The van der Waals surface area contributed by atoms with Crippen molar-refractivity contribution < 1.29 is 19.5 Å². The number of carboxylic acid groups (broad SMARTS) is 1. The predicted octanol–water partition coefficient (Wildman–Crippen LogP) is 2.13. The third kappa shape index (κ3) is 3.05. The molecule has 1 aliphatic heterocycles. The summed E-state index contributed by atoms with van der Waals surface area (Å²) in [6.45, 7) is 0.285. The number of benzene rings is 1. The Kier molecular flexibility index (Phi) is 4.35. The molecular weight excluding hydrogens is 346 g/mol. The Labute approximate surface area is 155 Å². The van der Waals surface area contributed by atoms with Crippen LogP contribution in [0.15, 0.2) is 42.2 Å². The van der Waals surface area contributed by atoms with Gasteiger partial charge in [-0.2, -0.15) is 0 Å². The third-order valence-corrected chi connectivity index (χ3v) is 5.23. The Morgan fingerprint density at radius 2 is 1.96 bits per heavy atom. The van der Waals surface area contributed by atoms with Crippen LogP contribution in [0.3, 0.4) is 0 Å². The number of amides is 1. The smallest absolute Gasteiger partial charge is 0.332 e.